The van der Waals surface area contributed by atoms with Gasteiger partial charge in [0, 0.05) is 14.0 Å². The fraction of sp³-hybridized carbons (Fsp3) is 0.625. The van der Waals surface area contributed by atoms with Crippen LogP contribution in [-0.4, -0.2) is 11.5 Å². The van der Waals surface area contributed by atoms with Gasteiger partial charge in [-0.1, -0.05) is 22.0 Å². The largest absolute Gasteiger partial charge is 0.151 e. The topological polar surface area (TPSA) is 0 Å². The van der Waals surface area contributed by atoms with Crippen molar-refractivity contribution >= 4 is 39.5 Å². The van der Waals surface area contributed by atoms with Gasteiger partial charge < -0.3 is 0 Å². The van der Waals surface area contributed by atoms with Gasteiger partial charge in [0.05, 0.1) is 0 Å². The summed E-state index contributed by atoms with van der Waals surface area (Å²) in [5.41, 5.74) is 3.04. The van der Waals surface area contributed by atoms with E-state index in [1.54, 1.807) is 0 Å². The van der Waals surface area contributed by atoms with Crippen molar-refractivity contribution in [2.45, 2.75) is 49.0 Å². The first kappa shape index (κ1) is 14.3. The molecule has 19 heavy (non-hydrogen) atoms. The maximum absolute atomic E-state index is 3.74. The first-order chi connectivity index (χ1) is 9.02. The lowest BCUT2D eigenvalue weighted by atomic mass is 9.89. The molecule has 0 N–H and O–H groups in total. The van der Waals surface area contributed by atoms with Crippen LogP contribution in [0, 0.1) is 0 Å². The second-order valence-corrected chi connectivity index (χ2v) is 10.2. The molecule has 1 aromatic rings. The van der Waals surface area contributed by atoms with Crippen LogP contribution in [0.3, 0.4) is 0 Å². The van der Waals surface area contributed by atoms with Crippen molar-refractivity contribution < 1.29 is 0 Å². The lowest BCUT2D eigenvalue weighted by Gasteiger charge is -2.29. The molecule has 2 aliphatic rings. The Balaban J connectivity index is 2.01. The minimum absolute atomic E-state index is 0.332. The molecule has 0 radical (unpaired) electrons. The van der Waals surface area contributed by atoms with Gasteiger partial charge in [0.1, 0.15) is 0 Å². The Labute approximate surface area is 133 Å². The Bertz CT molecular complexity index is 431. The zero-order valence-electron chi connectivity index (χ0n) is 11.7. The van der Waals surface area contributed by atoms with Crippen LogP contribution in [-0.2, 0) is 9.49 Å². The fourth-order valence-electron chi connectivity index (χ4n) is 3.21. The van der Waals surface area contributed by atoms with E-state index in [9.17, 15) is 0 Å². The van der Waals surface area contributed by atoms with Crippen molar-refractivity contribution in [1.29, 1.82) is 0 Å². The summed E-state index contributed by atoms with van der Waals surface area (Å²) in [6, 6.07) is 7.16. The first-order valence-corrected chi connectivity index (χ1v) is 9.88. The van der Waals surface area contributed by atoms with Crippen LogP contribution in [0.1, 0.15) is 50.7 Å². The summed E-state index contributed by atoms with van der Waals surface area (Å²) in [7, 11) is 0. The van der Waals surface area contributed by atoms with Crippen LogP contribution in [0.2, 0.25) is 0 Å². The molecule has 2 heterocycles. The number of halogens is 1. The molecule has 2 saturated heterocycles. The maximum Gasteiger partial charge on any atom is 0.0381 e. The average Bonchev–Trinajstić information content (AvgIpc) is 2.99. The van der Waals surface area contributed by atoms with Crippen molar-refractivity contribution in [3.63, 3.8) is 0 Å². The zero-order valence-corrected chi connectivity index (χ0v) is 14.9. The van der Waals surface area contributed by atoms with Gasteiger partial charge in [-0.25, -0.2) is 0 Å². The quantitative estimate of drug-likeness (QED) is 0.643. The minimum Gasteiger partial charge on any atom is -0.151 e. The highest BCUT2D eigenvalue weighted by atomic mass is 79.9. The van der Waals surface area contributed by atoms with Crippen LogP contribution in [0.5, 0.6) is 0 Å². The van der Waals surface area contributed by atoms with E-state index in [4.69, 9.17) is 0 Å². The molecule has 2 fully saturated rings. The van der Waals surface area contributed by atoms with Gasteiger partial charge in [0.25, 0.3) is 0 Å². The second-order valence-electron chi connectivity index (χ2n) is 6.09. The Morgan fingerprint density at radius 3 is 1.74 bits per heavy atom. The highest BCUT2D eigenvalue weighted by molar-refractivity contribution is 9.10. The van der Waals surface area contributed by atoms with Gasteiger partial charge in [0.2, 0.25) is 0 Å². The third-order valence-electron chi connectivity index (χ3n) is 4.56. The maximum atomic E-state index is 3.74. The molecule has 104 valence electrons. The summed E-state index contributed by atoms with van der Waals surface area (Å²) in [6.45, 7) is 4.83. The van der Waals surface area contributed by atoms with Gasteiger partial charge >= 0.3 is 0 Å². The second kappa shape index (κ2) is 5.31. The van der Waals surface area contributed by atoms with E-state index in [1.165, 1.54) is 52.8 Å². The van der Waals surface area contributed by atoms with Crippen LogP contribution in [0.4, 0.5) is 0 Å². The highest BCUT2D eigenvalue weighted by Gasteiger charge is 2.35. The normalized spacial score (nSPS) is 34.9. The van der Waals surface area contributed by atoms with Crippen LogP contribution in [0.25, 0.3) is 0 Å². The summed E-state index contributed by atoms with van der Waals surface area (Å²) in [5.74, 6) is 2.62. The molecule has 0 saturated carbocycles. The zero-order chi connectivity index (χ0) is 13.5. The first-order valence-electron chi connectivity index (χ1n) is 7.11. The standard InChI is InChI=1S/C16H21BrS2/c1-15(5-3-7-18-15)12-9-13(11-14(17)10-12)16(2)6-4-8-19-16/h9-11H,3-8H2,1-2H3. The van der Waals surface area contributed by atoms with Crippen LogP contribution >= 0.6 is 39.5 Å². The van der Waals surface area contributed by atoms with E-state index in [0.717, 1.165) is 0 Å². The molecule has 0 aromatic heterocycles. The predicted molar refractivity (Wildman–Crippen MR) is 92.2 cm³/mol. The Kier molecular flexibility index (Phi) is 4.01. The predicted octanol–water partition coefficient (Wildman–Crippen LogP) is 5.93. The SMILES string of the molecule is CC1(c2cc(Br)cc(C3(C)CCCS3)c2)CCCS1. The highest BCUT2D eigenvalue weighted by Crippen LogP contribution is 2.50. The van der Waals surface area contributed by atoms with Crippen LogP contribution < -0.4 is 0 Å². The van der Waals surface area contributed by atoms with Gasteiger partial charge in [-0.15, -0.1) is 0 Å². The average molecular weight is 357 g/mol. The van der Waals surface area contributed by atoms with Crippen molar-refractivity contribution in [3.05, 3.63) is 33.8 Å². The number of rotatable bonds is 2. The molecule has 1 aromatic carbocycles. The Hall–Kier alpha value is 0.400. The van der Waals surface area contributed by atoms with Gasteiger partial charge in [-0.3, -0.25) is 0 Å². The van der Waals surface area contributed by atoms with E-state index in [-0.39, 0.29) is 0 Å². The van der Waals surface area contributed by atoms with Gasteiger partial charge in [-0.05, 0) is 74.3 Å². The molecule has 3 rings (SSSR count). The fourth-order valence-corrected chi connectivity index (χ4v) is 6.33. The summed E-state index contributed by atoms with van der Waals surface area (Å²) in [4.78, 5) is 0. The third-order valence-corrected chi connectivity index (χ3v) is 8.15. The molecule has 3 heteroatoms. The number of hydrogen-bond donors (Lipinski definition) is 0. The Morgan fingerprint density at radius 2 is 1.37 bits per heavy atom. The third kappa shape index (κ3) is 2.75. The molecule has 0 bridgehead atoms. The number of thioether (sulfide) groups is 2. The van der Waals surface area contributed by atoms with E-state index in [0.29, 0.717) is 9.49 Å². The van der Waals surface area contributed by atoms with Crippen molar-refractivity contribution in [2.24, 2.45) is 0 Å². The molecule has 2 aliphatic heterocycles. The van der Waals surface area contributed by atoms with Crippen LogP contribution in [0.15, 0.2) is 22.7 Å². The monoisotopic (exact) mass is 356 g/mol. The smallest absolute Gasteiger partial charge is 0.0381 e. The summed E-state index contributed by atoms with van der Waals surface area (Å²) in [5, 5.41) is 0. The molecular weight excluding hydrogens is 336 g/mol. The summed E-state index contributed by atoms with van der Waals surface area (Å²) in [6.07, 6.45) is 5.35. The summed E-state index contributed by atoms with van der Waals surface area (Å²) >= 11 is 8.00. The van der Waals surface area contributed by atoms with Gasteiger partial charge in [0.15, 0.2) is 0 Å². The van der Waals surface area contributed by atoms with E-state index in [1.807, 2.05) is 0 Å². The molecule has 0 aliphatic carbocycles. The van der Waals surface area contributed by atoms with Gasteiger partial charge in [-0.2, -0.15) is 23.5 Å². The lowest BCUT2D eigenvalue weighted by molar-refractivity contribution is 0.627. The van der Waals surface area contributed by atoms with Crippen molar-refractivity contribution in [1.82, 2.24) is 0 Å². The summed E-state index contributed by atoms with van der Waals surface area (Å²) < 4.78 is 1.92. The molecule has 0 spiro atoms. The molecule has 2 atom stereocenters. The molecule has 0 nitrogen and oxygen atoms in total. The van der Waals surface area contributed by atoms with E-state index in [2.05, 4.69) is 71.5 Å². The minimum atomic E-state index is 0.332. The van der Waals surface area contributed by atoms with Crippen molar-refractivity contribution in [2.75, 3.05) is 11.5 Å². The molecule has 0 amide bonds. The van der Waals surface area contributed by atoms with E-state index < -0.39 is 0 Å². The Morgan fingerprint density at radius 1 is 0.895 bits per heavy atom. The molecular formula is C16H21BrS2. The molecule has 2 unspecified atom stereocenters. The lowest BCUT2D eigenvalue weighted by Crippen LogP contribution is -2.17. The number of benzene rings is 1. The van der Waals surface area contributed by atoms with E-state index >= 15 is 0 Å². The van der Waals surface area contributed by atoms with Crippen molar-refractivity contribution in [3.8, 4) is 0 Å². The number of hydrogen-bond acceptors (Lipinski definition) is 2.